The molecule has 0 aromatic carbocycles. The second-order valence-corrected chi connectivity index (χ2v) is 6.61. The first-order valence-electron chi connectivity index (χ1n) is 10.3. The Bertz CT molecular complexity index is 515. The van der Waals surface area contributed by atoms with Gasteiger partial charge in [0.15, 0.2) is 0 Å². The number of nitrogens with two attached hydrogens (primary N) is 1. The fourth-order valence-corrected chi connectivity index (χ4v) is 2.64. The molecule has 0 unspecified atom stereocenters. The maximum atomic E-state index is 11.6. The standard InChI is InChI=1S/C19H34N4O2.C2H6/c1-5-10-23(11-6-2)17-14-16(21-18(20)15-17)8-7-13-25-19(24)9-12-22(3)4;1-2/h14-15H,5-13H2,1-4H3,(H2,20,21);1-2H3. The van der Waals surface area contributed by atoms with Crippen molar-refractivity contribution in [3.8, 4) is 0 Å². The number of rotatable bonds is 12. The number of carbonyl (C=O) groups is 1. The number of hydrogen-bond donors (Lipinski definition) is 1. The molecule has 0 spiro atoms. The Kier molecular flexibility index (Phi) is 14.2. The maximum absolute atomic E-state index is 11.6. The SMILES string of the molecule is CC.CCCN(CCC)c1cc(N)nc(CCCOC(=O)CCN(C)C)c1. The van der Waals surface area contributed by atoms with Crippen LogP contribution in [0.3, 0.4) is 0 Å². The highest BCUT2D eigenvalue weighted by atomic mass is 16.5. The maximum Gasteiger partial charge on any atom is 0.307 e. The molecule has 0 aliphatic heterocycles. The van der Waals surface area contributed by atoms with Crippen molar-refractivity contribution in [2.24, 2.45) is 0 Å². The number of ether oxygens (including phenoxy) is 1. The molecule has 0 fully saturated rings. The van der Waals surface area contributed by atoms with Crippen molar-refractivity contribution in [1.29, 1.82) is 0 Å². The van der Waals surface area contributed by atoms with Crippen LogP contribution in [0.2, 0.25) is 0 Å². The normalized spacial score (nSPS) is 10.3. The molecular formula is C21H40N4O2. The Morgan fingerprint density at radius 1 is 1.11 bits per heavy atom. The van der Waals surface area contributed by atoms with Crippen molar-refractivity contribution in [2.45, 2.75) is 59.8 Å². The molecule has 0 radical (unpaired) electrons. The number of esters is 1. The molecule has 0 aliphatic carbocycles. The fraction of sp³-hybridized carbons (Fsp3) is 0.714. The second-order valence-electron chi connectivity index (χ2n) is 6.61. The van der Waals surface area contributed by atoms with Crippen LogP contribution in [-0.4, -0.2) is 56.2 Å². The topological polar surface area (TPSA) is 71.7 Å². The van der Waals surface area contributed by atoms with E-state index in [4.69, 9.17) is 10.5 Å². The van der Waals surface area contributed by atoms with Crippen LogP contribution in [0.1, 0.15) is 59.1 Å². The molecule has 1 rings (SSSR count). The average molecular weight is 381 g/mol. The molecule has 1 aromatic heterocycles. The average Bonchev–Trinajstić information content (AvgIpc) is 2.64. The summed E-state index contributed by atoms with van der Waals surface area (Å²) in [6.07, 6.45) is 4.13. The minimum absolute atomic E-state index is 0.146. The highest BCUT2D eigenvalue weighted by Gasteiger charge is 2.09. The Hall–Kier alpha value is -1.82. The Morgan fingerprint density at radius 2 is 1.74 bits per heavy atom. The summed E-state index contributed by atoms with van der Waals surface area (Å²) in [5, 5.41) is 0. The van der Waals surface area contributed by atoms with Gasteiger partial charge in [-0.1, -0.05) is 27.7 Å². The lowest BCUT2D eigenvalue weighted by Crippen LogP contribution is -2.25. The number of carbonyl (C=O) groups excluding carboxylic acids is 1. The van der Waals surface area contributed by atoms with Gasteiger partial charge in [0.2, 0.25) is 0 Å². The summed E-state index contributed by atoms with van der Waals surface area (Å²) in [4.78, 5) is 20.3. The van der Waals surface area contributed by atoms with Gasteiger partial charge in [0.25, 0.3) is 0 Å². The Labute approximate surface area is 166 Å². The highest BCUT2D eigenvalue weighted by Crippen LogP contribution is 2.20. The number of aromatic nitrogens is 1. The first kappa shape index (κ1) is 25.2. The van der Waals surface area contributed by atoms with Crippen LogP contribution in [0.25, 0.3) is 0 Å². The van der Waals surface area contributed by atoms with E-state index in [0.29, 0.717) is 25.4 Å². The largest absolute Gasteiger partial charge is 0.466 e. The van der Waals surface area contributed by atoms with E-state index in [-0.39, 0.29) is 5.97 Å². The van der Waals surface area contributed by atoms with Crippen molar-refractivity contribution in [1.82, 2.24) is 9.88 Å². The molecule has 1 aromatic rings. The lowest BCUT2D eigenvalue weighted by Gasteiger charge is -2.24. The summed E-state index contributed by atoms with van der Waals surface area (Å²) in [6.45, 7) is 11.5. The minimum atomic E-state index is -0.146. The van der Waals surface area contributed by atoms with E-state index >= 15 is 0 Å². The zero-order chi connectivity index (χ0) is 20.7. The predicted octanol–water partition coefficient (Wildman–Crippen LogP) is 3.74. The molecule has 156 valence electrons. The van der Waals surface area contributed by atoms with Gasteiger partial charge in [-0.3, -0.25) is 4.79 Å². The number of pyridine rings is 1. The predicted molar refractivity (Wildman–Crippen MR) is 115 cm³/mol. The fourth-order valence-electron chi connectivity index (χ4n) is 2.64. The third-order valence-corrected chi connectivity index (χ3v) is 3.84. The third-order valence-electron chi connectivity index (χ3n) is 3.84. The number of hydrogen-bond acceptors (Lipinski definition) is 6. The Morgan fingerprint density at radius 3 is 2.30 bits per heavy atom. The van der Waals surface area contributed by atoms with Gasteiger partial charge in [-0.25, -0.2) is 4.98 Å². The molecule has 0 amide bonds. The van der Waals surface area contributed by atoms with Crippen LogP contribution in [-0.2, 0) is 16.0 Å². The van der Waals surface area contributed by atoms with Crippen LogP contribution >= 0.6 is 0 Å². The van der Waals surface area contributed by atoms with E-state index in [1.807, 2.05) is 38.9 Å². The number of nitrogens with zero attached hydrogens (tertiary/aromatic N) is 3. The van der Waals surface area contributed by atoms with Crippen molar-refractivity contribution in [3.05, 3.63) is 17.8 Å². The van der Waals surface area contributed by atoms with E-state index in [2.05, 4.69) is 29.8 Å². The van der Waals surface area contributed by atoms with Gasteiger partial charge >= 0.3 is 5.97 Å². The summed E-state index contributed by atoms with van der Waals surface area (Å²) >= 11 is 0. The summed E-state index contributed by atoms with van der Waals surface area (Å²) < 4.78 is 5.26. The summed E-state index contributed by atoms with van der Waals surface area (Å²) in [7, 11) is 3.88. The van der Waals surface area contributed by atoms with Gasteiger partial charge in [0.05, 0.1) is 13.0 Å². The molecule has 0 bridgehead atoms. The van der Waals surface area contributed by atoms with E-state index in [9.17, 15) is 4.79 Å². The van der Waals surface area contributed by atoms with Crippen LogP contribution in [0.5, 0.6) is 0 Å². The molecule has 0 saturated heterocycles. The van der Waals surface area contributed by atoms with Crippen LogP contribution < -0.4 is 10.6 Å². The number of aryl methyl sites for hydroxylation is 1. The van der Waals surface area contributed by atoms with Crippen LogP contribution in [0, 0.1) is 0 Å². The zero-order valence-corrected chi connectivity index (χ0v) is 18.3. The van der Waals surface area contributed by atoms with Gasteiger partial charge in [0, 0.05) is 37.1 Å². The molecule has 0 atom stereocenters. The molecule has 0 saturated carbocycles. The molecule has 6 heteroatoms. The van der Waals surface area contributed by atoms with Crippen LogP contribution in [0.4, 0.5) is 11.5 Å². The lowest BCUT2D eigenvalue weighted by molar-refractivity contribution is -0.144. The van der Waals surface area contributed by atoms with Gasteiger partial charge in [-0.2, -0.15) is 0 Å². The van der Waals surface area contributed by atoms with Crippen molar-refractivity contribution in [3.63, 3.8) is 0 Å². The molecule has 1 heterocycles. The smallest absolute Gasteiger partial charge is 0.307 e. The first-order valence-corrected chi connectivity index (χ1v) is 10.3. The zero-order valence-electron chi connectivity index (χ0n) is 18.3. The van der Waals surface area contributed by atoms with E-state index in [1.165, 1.54) is 0 Å². The number of anilines is 2. The first-order chi connectivity index (χ1) is 13.0. The van der Waals surface area contributed by atoms with E-state index in [0.717, 1.165) is 50.2 Å². The minimum Gasteiger partial charge on any atom is -0.466 e. The summed E-state index contributed by atoms with van der Waals surface area (Å²) in [6, 6.07) is 4.05. The van der Waals surface area contributed by atoms with Gasteiger partial charge in [0.1, 0.15) is 5.82 Å². The van der Waals surface area contributed by atoms with E-state index < -0.39 is 0 Å². The van der Waals surface area contributed by atoms with Crippen molar-refractivity contribution < 1.29 is 9.53 Å². The number of nitrogen functional groups attached to an aromatic ring is 1. The summed E-state index contributed by atoms with van der Waals surface area (Å²) in [5.41, 5.74) is 8.07. The molecule has 0 aliphatic rings. The molecule has 6 nitrogen and oxygen atoms in total. The second kappa shape index (κ2) is 15.3. The lowest BCUT2D eigenvalue weighted by atomic mass is 10.2. The highest BCUT2D eigenvalue weighted by molar-refractivity contribution is 5.69. The van der Waals surface area contributed by atoms with Crippen molar-refractivity contribution >= 4 is 17.5 Å². The van der Waals surface area contributed by atoms with Crippen molar-refractivity contribution in [2.75, 3.05) is 51.0 Å². The molecular weight excluding hydrogens is 340 g/mol. The van der Waals surface area contributed by atoms with Gasteiger partial charge in [-0.15, -0.1) is 0 Å². The Balaban J connectivity index is 0.00000326. The molecule has 2 N–H and O–H groups in total. The monoisotopic (exact) mass is 380 g/mol. The summed E-state index contributed by atoms with van der Waals surface area (Å²) in [5.74, 6) is 0.402. The quantitative estimate of drug-likeness (QED) is 0.440. The third kappa shape index (κ3) is 11.5. The van der Waals surface area contributed by atoms with Crippen LogP contribution in [0.15, 0.2) is 12.1 Å². The van der Waals surface area contributed by atoms with E-state index in [1.54, 1.807) is 0 Å². The van der Waals surface area contributed by atoms with Gasteiger partial charge in [-0.05, 0) is 45.8 Å². The van der Waals surface area contributed by atoms with Gasteiger partial charge < -0.3 is 20.3 Å². The molecule has 27 heavy (non-hydrogen) atoms.